The largest absolute Gasteiger partial charge is 0.497 e. The number of piperazine rings is 1. The van der Waals surface area contributed by atoms with E-state index in [2.05, 4.69) is 35.4 Å². The van der Waals surface area contributed by atoms with E-state index >= 15 is 0 Å². The summed E-state index contributed by atoms with van der Waals surface area (Å²) in [5, 5.41) is 2.15. The van der Waals surface area contributed by atoms with Gasteiger partial charge in [0.1, 0.15) is 11.5 Å². The van der Waals surface area contributed by atoms with Gasteiger partial charge in [-0.05, 0) is 78.7 Å². The van der Waals surface area contributed by atoms with Crippen LogP contribution >= 0.6 is 11.3 Å². The summed E-state index contributed by atoms with van der Waals surface area (Å²) < 4.78 is 11.1. The fourth-order valence-corrected chi connectivity index (χ4v) is 6.57. The summed E-state index contributed by atoms with van der Waals surface area (Å²) in [7, 11) is 1.67. The number of thiophene rings is 1. The molecular weight excluding hydrogens is 522 g/mol. The van der Waals surface area contributed by atoms with Gasteiger partial charge in [0.2, 0.25) is 5.91 Å². The van der Waals surface area contributed by atoms with Crippen molar-refractivity contribution in [1.29, 1.82) is 0 Å². The van der Waals surface area contributed by atoms with Gasteiger partial charge >= 0.3 is 0 Å². The van der Waals surface area contributed by atoms with Crippen LogP contribution < -0.4 is 9.47 Å². The van der Waals surface area contributed by atoms with E-state index in [1.54, 1.807) is 18.4 Å². The number of fused-ring (bicyclic) bond motifs is 1. The zero-order chi connectivity index (χ0) is 28.1. The monoisotopic (exact) mass is 561 g/mol. The summed E-state index contributed by atoms with van der Waals surface area (Å²) >= 11 is 1.80. The fraction of sp³-hybridized carbons (Fsp3) is 0.438. The van der Waals surface area contributed by atoms with Crippen LogP contribution in [0.1, 0.15) is 59.1 Å². The summed E-state index contributed by atoms with van der Waals surface area (Å²) in [5.74, 6) is 1.73. The highest BCUT2D eigenvalue weighted by Crippen LogP contribution is 2.38. The first-order valence-electron chi connectivity index (χ1n) is 14.2. The first-order chi connectivity index (χ1) is 19.5. The molecule has 3 aromatic rings. The summed E-state index contributed by atoms with van der Waals surface area (Å²) in [5.41, 5.74) is 3.11. The van der Waals surface area contributed by atoms with Crippen molar-refractivity contribution in [3.05, 3.63) is 81.5 Å². The van der Waals surface area contributed by atoms with Gasteiger partial charge in [0, 0.05) is 42.7 Å². The number of carbonyl (C=O) groups excluding carboxylic acids is 2. The Hall–Kier alpha value is -3.36. The summed E-state index contributed by atoms with van der Waals surface area (Å²) in [6.45, 7) is 7.63. The first kappa shape index (κ1) is 28.2. The van der Waals surface area contributed by atoms with Crippen molar-refractivity contribution in [2.24, 2.45) is 0 Å². The number of methoxy groups -OCH3 is 1. The maximum atomic E-state index is 13.6. The Labute approximate surface area is 241 Å². The third-order valence-electron chi connectivity index (χ3n) is 7.94. The Morgan fingerprint density at radius 2 is 1.73 bits per heavy atom. The highest BCUT2D eigenvalue weighted by atomic mass is 32.1. The molecule has 2 atom stereocenters. The Kier molecular flexibility index (Phi) is 9.07. The van der Waals surface area contributed by atoms with Gasteiger partial charge < -0.3 is 19.3 Å². The molecule has 1 aromatic heterocycles. The Morgan fingerprint density at radius 1 is 0.975 bits per heavy atom. The molecule has 5 rings (SSSR count). The molecule has 3 heterocycles. The first-order valence-corrected chi connectivity index (χ1v) is 15.1. The van der Waals surface area contributed by atoms with Crippen LogP contribution in [0.25, 0.3) is 0 Å². The molecule has 0 saturated carbocycles. The van der Waals surface area contributed by atoms with Crippen molar-refractivity contribution in [2.45, 2.75) is 45.2 Å². The number of benzene rings is 2. The standard InChI is InChI=1S/C32H39N3O4S/c1-4-5-19-39-27-12-8-25(9-13-27)32(37)35-18-17-33(21-23(35)2)30(36)22-34-16-14-29-28(15-20-40-29)31(34)24-6-10-26(38-3)11-7-24/h6-13,15,20,23,31H,4-5,14,16-19,21-22H2,1-3H3/t23-,31-/m0/s1. The third-order valence-corrected chi connectivity index (χ3v) is 8.94. The number of nitrogens with zero attached hydrogens (tertiary/aromatic N) is 3. The Morgan fingerprint density at radius 3 is 2.42 bits per heavy atom. The van der Waals surface area contributed by atoms with Crippen molar-refractivity contribution in [3.8, 4) is 11.5 Å². The zero-order valence-electron chi connectivity index (χ0n) is 23.7. The minimum Gasteiger partial charge on any atom is -0.497 e. The SMILES string of the molecule is CCCCOc1ccc(C(=O)N2CCN(C(=O)CN3CCc4sccc4[C@@H]3c3ccc(OC)cc3)C[C@@H]2C)cc1. The van der Waals surface area contributed by atoms with Gasteiger partial charge in [-0.3, -0.25) is 14.5 Å². The lowest BCUT2D eigenvalue weighted by Crippen LogP contribution is -2.57. The maximum absolute atomic E-state index is 13.6. The van der Waals surface area contributed by atoms with Crippen LogP contribution in [0, 0.1) is 0 Å². The van der Waals surface area contributed by atoms with E-state index in [4.69, 9.17) is 9.47 Å². The second kappa shape index (κ2) is 12.9. The number of hydrogen-bond donors (Lipinski definition) is 0. The maximum Gasteiger partial charge on any atom is 0.254 e. The van der Waals surface area contributed by atoms with Crippen LogP contribution in [0.15, 0.2) is 60.0 Å². The van der Waals surface area contributed by atoms with Crippen LogP contribution in [0.4, 0.5) is 0 Å². The Bertz CT molecular complexity index is 1290. The second-order valence-electron chi connectivity index (χ2n) is 10.6. The lowest BCUT2D eigenvalue weighted by molar-refractivity contribution is -0.135. The van der Waals surface area contributed by atoms with E-state index in [1.165, 1.54) is 16.0 Å². The molecule has 40 heavy (non-hydrogen) atoms. The number of hydrogen-bond acceptors (Lipinski definition) is 6. The number of carbonyl (C=O) groups is 2. The minimum atomic E-state index is -0.0621. The smallest absolute Gasteiger partial charge is 0.254 e. The quantitative estimate of drug-likeness (QED) is 0.334. The predicted molar refractivity (Wildman–Crippen MR) is 158 cm³/mol. The van der Waals surface area contributed by atoms with Crippen molar-refractivity contribution < 1.29 is 19.1 Å². The van der Waals surface area contributed by atoms with Gasteiger partial charge in [-0.15, -0.1) is 11.3 Å². The molecule has 7 nitrogen and oxygen atoms in total. The summed E-state index contributed by atoms with van der Waals surface area (Å²) in [4.78, 5) is 34.4. The van der Waals surface area contributed by atoms with E-state index in [0.29, 0.717) is 38.3 Å². The molecule has 0 bridgehead atoms. The number of rotatable bonds is 9. The lowest BCUT2D eigenvalue weighted by atomic mass is 9.93. The number of unbranched alkanes of at least 4 members (excludes halogenated alkanes) is 1. The molecule has 2 aromatic carbocycles. The second-order valence-corrected chi connectivity index (χ2v) is 11.6. The molecule has 1 saturated heterocycles. The normalized spacial score (nSPS) is 19.3. The minimum absolute atomic E-state index is 0.000273. The van der Waals surface area contributed by atoms with Crippen LogP contribution in [0.5, 0.6) is 11.5 Å². The van der Waals surface area contributed by atoms with Crippen LogP contribution in [-0.4, -0.2) is 79.0 Å². The molecule has 8 heteroatoms. The molecule has 1 fully saturated rings. The van der Waals surface area contributed by atoms with Crippen molar-refractivity contribution in [2.75, 3.05) is 46.4 Å². The van der Waals surface area contributed by atoms with Crippen LogP contribution in [0.3, 0.4) is 0 Å². The van der Waals surface area contributed by atoms with E-state index < -0.39 is 0 Å². The number of ether oxygens (including phenoxy) is 2. The van der Waals surface area contributed by atoms with E-state index in [0.717, 1.165) is 37.3 Å². The van der Waals surface area contributed by atoms with Gasteiger partial charge in [-0.25, -0.2) is 0 Å². The van der Waals surface area contributed by atoms with Gasteiger partial charge in [0.25, 0.3) is 5.91 Å². The summed E-state index contributed by atoms with van der Waals surface area (Å²) in [6.07, 6.45) is 3.05. The average molecular weight is 562 g/mol. The highest BCUT2D eigenvalue weighted by Gasteiger charge is 2.34. The average Bonchev–Trinajstić information content (AvgIpc) is 3.46. The van der Waals surface area contributed by atoms with Gasteiger partial charge in [0.05, 0.1) is 26.3 Å². The molecule has 0 aliphatic carbocycles. The highest BCUT2D eigenvalue weighted by molar-refractivity contribution is 7.10. The van der Waals surface area contributed by atoms with Crippen molar-refractivity contribution >= 4 is 23.2 Å². The predicted octanol–water partition coefficient (Wildman–Crippen LogP) is 5.26. The third kappa shape index (κ3) is 6.18. The van der Waals surface area contributed by atoms with Crippen LogP contribution in [0.2, 0.25) is 0 Å². The van der Waals surface area contributed by atoms with E-state index in [-0.39, 0.29) is 23.9 Å². The van der Waals surface area contributed by atoms with E-state index in [1.807, 2.05) is 53.1 Å². The van der Waals surface area contributed by atoms with E-state index in [9.17, 15) is 9.59 Å². The molecule has 212 valence electrons. The van der Waals surface area contributed by atoms with Crippen LogP contribution in [-0.2, 0) is 11.2 Å². The molecule has 0 spiro atoms. The van der Waals surface area contributed by atoms with Crippen molar-refractivity contribution in [1.82, 2.24) is 14.7 Å². The molecule has 2 aliphatic rings. The summed E-state index contributed by atoms with van der Waals surface area (Å²) in [6, 6.07) is 17.8. The van der Waals surface area contributed by atoms with Gasteiger partial charge in [0.15, 0.2) is 0 Å². The lowest BCUT2D eigenvalue weighted by Gasteiger charge is -2.42. The van der Waals surface area contributed by atoms with Gasteiger partial charge in [-0.2, -0.15) is 0 Å². The van der Waals surface area contributed by atoms with Gasteiger partial charge in [-0.1, -0.05) is 25.5 Å². The molecule has 0 radical (unpaired) electrons. The molecule has 2 amide bonds. The fourth-order valence-electron chi connectivity index (χ4n) is 5.67. The molecule has 0 N–H and O–H groups in total. The van der Waals surface area contributed by atoms with Crippen molar-refractivity contribution in [3.63, 3.8) is 0 Å². The molecule has 2 aliphatic heterocycles. The molecule has 0 unspecified atom stereocenters. The topological polar surface area (TPSA) is 62.3 Å². The number of amides is 2. The Balaban J connectivity index is 1.21. The molecular formula is C32H39N3O4S. The zero-order valence-corrected chi connectivity index (χ0v) is 24.5.